The van der Waals surface area contributed by atoms with Crippen LogP contribution in [-0.4, -0.2) is 48.5 Å². The Morgan fingerprint density at radius 3 is 2.48 bits per heavy atom. The van der Waals surface area contributed by atoms with Gasteiger partial charge < -0.3 is 9.64 Å². The van der Waals surface area contributed by atoms with E-state index in [1.54, 1.807) is 0 Å². The van der Waals surface area contributed by atoms with E-state index < -0.39 is 0 Å². The highest BCUT2D eigenvalue weighted by Crippen LogP contribution is 2.33. The van der Waals surface area contributed by atoms with E-state index in [9.17, 15) is 4.79 Å². The van der Waals surface area contributed by atoms with Crippen molar-refractivity contribution in [2.75, 3.05) is 32.8 Å². The number of rotatable bonds is 5. The Morgan fingerprint density at radius 2 is 1.84 bits per heavy atom. The van der Waals surface area contributed by atoms with E-state index >= 15 is 0 Å². The summed E-state index contributed by atoms with van der Waals surface area (Å²) in [6.45, 7) is 10.6. The Balaban J connectivity index is 1.62. The highest BCUT2D eigenvalue weighted by atomic mass is 16.5. The molecule has 2 fully saturated rings. The Labute approximate surface area is 152 Å². The first-order valence-electron chi connectivity index (χ1n) is 9.81. The van der Waals surface area contributed by atoms with Crippen LogP contribution in [0.2, 0.25) is 0 Å². The molecule has 0 aliphatic carbocycles. The van der Waals surface area contributed by atoms with Crippen molar-refractivity contribution < 1.29 is 9.53 Å². The first kappa shape index (κ1) is 18.2. The maximum absolute atomic E-state index is 12.8. The molecule has 3 atom stereocenters. The summed E-state index contributed by atoms with van der Waals surface area (Å²) in [5.74, 6) is 2.46. The highest BCUT2D eigenvalue weighted by molar-refractivity contribution is 5.78. The molecule has 25 heavy (non-hydrogen) atoms. The average molecular weight is 344 g/mol. The van der Waals surface area contributed by atoms with Crippen molar-refractivity contribution in [2.24, 2.45) is 11.8 Å². The van der Waals surface area contributed by atoms with Gasteiger partial charge in [-0.05, 0) is 62.3 Å². The smallest absolute Gasteiger partial charge is 0.236 e. The topological polar surface area (TPSA) is 32.8 Å². The van der Waals surface area contributed by atoms with Gasteiger partial charge in [0.25, 0.3) is 0 Å². The molecule has 0 unspecified atom stereocenters. The van der Waals surface area contributed by atoms with Gasteiger partial charge in [0.15, 0.2) is 0 Å². The second-order valence-corrected chi connectivity index (χ2v) is 7.88. The third kappa shape index (κ3) is 4.55. The minimum atomic E-state index is 0.302. The van der Waals surface area contributed by atoms with Gasteiger partial charge >= 0.3 is 0 Å². The lowest BCUT2D eigenvalue weighted by Gasteiger charge is -2.36. The zero-order valence-corrected chi connectivity index (χ0v) is 15.9. The van der Waals surface area contributed by atoms with Crippen molar-refractivity contribution in [1.29, 1.82) is 0 Å². The minimum Gasteiger partial charge on any atom is -0.494 e. The van der Waals surface area contributed by atoms with E-state index in [4.69, 9.17) is 4.74 Å². The van der Waals surface area contributed by atoms with Crippen molar-refractivity contribution in [3.8, 4) is 5.75 Å². The van der Waals surface area contributed by atoms with Gasteiger partial charge in [-0.3, -0.25) is 9.69 Å². The Bertz CT molecular complexity index is 562. The van der Waals surface area contributed by atoms with Gasteiger partial charge in [0.05, 0.1) is 13.2 Å². The Morgan fingerprint density at radius 1 is 1.16 bits per heavy atom. The molecule has 0 aromatic heterocycles. The van der Waals surface area contributed by atoms with Crippen molar-refractivity contribution >= 4 is 5.91 Å². The van der Waals surface area contributed by atoms with Crippen molar-refractivity contribution in [1.82, 2.24) is 9.80 Å². The summed E-state index contributed by atoms with van der Waals surface area (Å²) in [5, 5.41) is 0. The zero-order chi connectivity index (χ0) is 17.8. The summed E-state index contributed by atoms with van der Waals surface area (Å²) in [6.07, 6.45) is 3.54. The lowest BCUT2D eigenvalue weighted by atomic mass is 9.92. The second-order valence-electron chi connectivity index (χ2n) is 7.88. The summed E-state index contributed by atoms with van der Waals surface area (Å²) in [4.78, 5) is 17.3. The molecule has 4 heteroatoms. The molecule has 4 nitrogen and oxygen atoms in total. The summed E-state index contributed by atoms with van der Waals surface area (Å²) >= 11 is 0. The molecule has 0 spiro atoms. The number of hydrogen-bond donors (Lipinski definition) is 0. The summed E-state index contributed by atoms with van der Waals surface area (Å²) < 4.78 is 5.54. The molecule has 2 saturated heterocycles. The molecule has 1 aromatic carbocycles. The molecule has 3 rings (SSSR count). The van der Waals surface area contributed by atoms with Crippen LogP contribution < -0.4 is 4.74 Å². The number of ether oxygens (including phenoxy) is 1. The predicted molar refractivity (Wildman–Crippen MR) is 101 cm³/mol. The molecule has 0 saturated carbocycles. The van der Waals surface area contributed by atoms with E-state index in [1.165, 1.54) is 12.0 Å². The van der Waals surface area contributed by atoms with Gasteiger partial charge in [0, 0.05) is 19.1 Å². The number of carbonyl (C=O) groups excluding carboxylic acids is 1. The molecule has 2 aliphatic heterocycles. The molecule has 0 bridgehead atoms. The average Bonchev–Trinajstić information content (AvgIpc) is 3.03. The molecule has 0 radical (unpaired) electrons. The van der Waals surface area contributed by atoms with Crippen molar-refractivity contribution in [3.63, 3.8) is 0 Å². The highest BCUT2D eigenvalue weighted by Gasteiger charge is 2.31. The van der Waals surface area contributed by atoms with E-state index in [1.807, 2.05) is 19.1 Å². The second kappa shape index (κ2) is 8.22. The normalized spacial score (nSPS) is 27.5. The number of amides is 1. The monoisotopic (exact) mass is 344 g/mol. The fraction of sp³-hybridized carbons (Fsp3) is 0.667. The molecule has 0 N–H and O–H groups in total. The third-order valence-corrected chi connectivity index (χ3v) is 5.50. The SMILES string of the molecule is CCOc1ccc([C@@H]2CCCN2CC(=O)N2C[C@H](C)C[C@H](C)C2)cc1. The Kier molecular flexibility index (Phi) is 6.00. The standard InChI is InChI=1S/C21H32N2O2/c1-4-25-19-9-7-18(8-10-19)20-6-5-11-22(20)15-21(24)23-13-16(2)12-17(3)14-23/h7-10,16-17,20H,4-6,11-15H2,1-3H3/t16-,17+,20-/m0/s1. The summed E-state index contributed by atoms with van der Waals surface area (Å²) in [7, 11) is 0. The zero-order valence-electron chi connectivity index (χ0n) is 15.9. The number of hydrogen-bond acceptors (Lipinski definition) is 3. The number of carbonyl (C=O) groups is 1. The van der Waals surface area contributed by atoms with Crippen molar-refractivity contribution in [3.05, 3.63) is 29.8 Å². The molecule has 2 heterocycles. The molecular formula is C21H32N2O2. The van der Waals surface area contributed by atoms with Crippen LogP contribution in [0.1, 0.15) is 51.6 Å². The molecule has 1 amide bonds. The van der Waals surface area contributed by atoms with Crippen LogP contribution in [0.15, 0.2) is 24.3 Å². The quantitative estimate of drug-likeness (QED) is 0.816. The van der Waals surface area contributed by atoms with Gasteiger partial charge in [-0.1, -0.05) is 26.0 Å². The molecular weight excluding hydrogens is 312 g/mol. The lowest BCUT2D eigenvalue weighted by molar-refractivity contribution is -0.135. The fourth-order valence-corrected chi connectivity index (χ4v) is 4.49. The van der Waals surface area contributed by atoms with Crippen LogP contribution in [0.25, 0.3) is 0 Å². The van der Waals surface area contributed by atoms with Gasteiger partial charge in [-0.15, -0.1) is 0 Å². The minimum absolute atomic E-state index is 0.302. The van der Waals surface area contributed by atoms with E-state index in [-0.39, 0.29) is 0 Å². The van der Waals surface area contributed by atoms with Crippen LogP contribution in [-0.2, 0) is 4.79 Å². The predicted octanol–water partition coefficient (Wildman–Crippen LogP) is 3.73. The van der Waals surface area contributed by atoms with Crippen LogP contribution in [0.4, 0.5) is 0 Å². The van der Waals surface area contributed by atoms with Crippen LogP contribution in [0.5, 0.6) is 5.75 Å². The maximum Gasteiger partial charge on any atom is 0.236 e. The van der Waals surface area contributed by atoms with Crippen LogP contribution >= 0.6 is 0 Å². The number of benzene rings is 1. The molecule has 2 aliphatic rings. The van der Waals surface area contributed by atoms with E-state index in [2.05, 4.69) is 35.8 Å². The van der Waals surface area contributed by atoms with E-state index in [0.717, 1.165) is 38.2 Å². The van der Waals surface area contributed by atoms with Crippen LogP contribution in [0, 0.1) is 11.8 Å². The number of nitrogens with zero attached hydrogens (tertiary/aromatic N) is 2. The first-order chi connectivity index (χ1) is 12.1. The van der Waals surface area contributed by atoms with Crippen LogP contribution in [0.3, 0.4) is 0 Å². The summed E-state index contributed by atoms with van der Waals surface area (Å²) in [6, 6.07) is 8.77. The fourth-order valence-electron chi connectivity index (χ4n) is 4.49. The van der Waals surface area contributed by atoms with E-state index in [0.29, 0.717) is 36.9 Å². The van der Waals surface area contributed by atoms with Gasteiger partial charge in [0.1, 0.15) is 5.75 Å². The van der Waals surface area contributed by atoms with Crippen molar-refractivity contribution in [2.45, 2.75) is 46.1 Å². The van der Waals surface area contributed by atoms with Gasteiger partial charge in [-0.25, -0.2) is 0 Å². The Hall–Kier alpha value is -1.55. The number of piperidine rings is 1. The van der Waals surface area contributed by atoms with Gasteiger partial charge in [0.2, 0.25) is 5.91 Å². The first-order valence-corrected chi connectivity index (χ1v) is 9.81. The van der Waals surface area contributed by atoms with Gasteiger partial charge in [-0.2, -0.15) is 0 Å². The molecule has 1 aromatic rings. The third-order valence-electron chi connectivity index (χ3n) is 5.50. The largest absolute Gasteiger partial charge is 0.494 e. The molecule has 138 valence electrons. The lowest BCUT2D eigenvalue weighted by Crippen LogP contribution is -2.46. The maximum atomic E-state index is 12.8. The summed E-state index contributed by atoms with van der Waals surface area (Å²) in [5.41, 5.74) is 1.30. The number of likely N-dealkylation sites (tertiary alicyclic amines) is 2.